The van der Waals surface area contributed by atoms with E-state index in [1.807, 2.05) is 24.3 Å². The lowest BCUT2D eigenvalue weighted by molar-refractivity contribution is 0.233. The van der Waals surface area contributed by atoms with Gasteiger partial charge in [-0.05, 0) is 24.1 Å². The van der Waals surface area contributed by atoms with Crippen molar-refractivity contribution >= 4 is 0 Å². The van der Waals surface area contributed by atoms with Crippen LogP contribution in [-0.2, 0) is 10.3 Å². The molecule has 0 aliphatic carbocycles. The van der Waals surface area contributed by atoms with E-state index in [0.717, 1.165) is 17.7 Å². The van der Waals surface area contributed by atoms with Crippen molar-refractivity contribution in [3.8, 4) is 5.75 Å². The molecular formula is C12H16O3. The third-order valence-electron chi connectivity index (χ3n) is 3.09. The fraction of sp³-hybridized carbons (Fsp3) is 0.500. The number of methoxy groups -OCH3 is 1. The summed E-state index contributed by atoms with van der Waals surface area (Å²) in [5, 5.41) is 9.09. The second-order valence-electron chi connectivity index (χ2n) is 3.76. The highest BCUT2D eigenvalue weighted by atomic mass is 16.6. The molecule has 0 spiro atoms. The summed E-state index contributed by atoms with van der Waals surface area (Å²) in [4.78, 5) is 0. The number of aliphatic hydroxyl groups excluding tert-OH is 1. The molecule has 1 aromatic carbocycles. The van der Waals surface area contributed by atoms with Crippen LogP contribution in [-0.4, -0.2) is 24.9 Å². The Balaban J connectivity index is 2.22. The van der Waals surface area contributed by atoms with Crippen molar-refractivity contribution in [3.05, 3.63) is 29.8 Å². The number of aliphatic hydroxyl groups is 1. The van der Waals surface area contributed by atoms with Gasteiger partial charge in [-0.1, -0.05) is 19.1 Å². The second-order valence-corrected chi connectivity index (χ2v) is 3.76. The molecule has 3 nitrogen and oxygen atoms in total. The Kier molecular flexibility index (Phi) is 2.67. The Hall–Kier alpha value is -1.06. The first kappa shape index (κ1) is 10.5. The predicted octanol–water partition coefficient (Wildman–Crippen LogP) is 1.69. The number of hydrogen-bond acceptors (Lipinski definition) is 3. The lowest BCUT2D eigenvalue weighted by Gasteiger charge is -2.11. The lowest BCUT2D eigenvalue weighted by atomic mass is 9.93. The minimum absolute atomic E-state index is 0.0455. The molecule has 1 N–H and O–H groups in total. The molecule has 15 heavy (non-hydrogen) atoms. The van der Waals surface area contributed by atoms with Gasteiger partial charge in [-0.25, -0.2) is 0 Å². The highest BCUT2D eigenvalue weighted by molar-refractivity contribution is 5.34. The molecule has 1 aliphatic heterocycles. The van der Waals surface area contributed by atoms with Crippen LogP contribution >= 0.6 is 0 Å². The average Bonchev–Trinajstić information content (AvgIpc) is 3.04. The van der Waals surface area contributed by atoms with Crippen molar-refractivity contribution in [1.29, 1.82) is 0 Å². The summed E-state index contributed by atoms with van der Waals surface area (Å²) in [5.74, 6) is 0.839. The quantitative estimate of drug-likeness (QED) is 0.766. The van der Waals surface area contributed by atoms with Crippen LogP contribution in [0.2, 0.25) is 0 Å². The molecule has 1 aromatic rings. The van der Waals surface area contributed by atoms with E-state index in [9.17, 15) is 0 Å². The van der Waals surface area contributed by atoms with Crippen LogP contribution in [0.5, 0.6) is 5.75 Å². The van der Waals surface area contributed by atoms with Gasteiger partial charge < -0.3 is 14.6 Å². The molecule has 82 valence electrons. The molecular weight excluding hydrogens is 192 g/mol. The van der Waals surface area contributed by atoms with Crippen molar-refractivity contribution < 1.29 is 14.6 Å². The molecule has 0 amide bonds. The third-order valence-corrected chi connectivity index (χ3v) is 3.09. The van der Waals surface area contributed by atoms with E-state index >= 15 is 0 Å². The van der Waals surface area contributed by atoms with Crippen LogP contribution < -0.4 is 4.74 Å². The van der Waals surface area contributed by atoms with Gasteiger partial charge in [0, 0.05) is 0 Å². The van der Waals surface area contributed by atoms with Crippen LogP contribution in [0.3, 0.4) is 0 Å². The molecule has 1 heterocycles. The zero-order valence-corrected chi connectivity index (χ0v) is 9.06. The first-order valence-electron chi connectivity index (χ1n) is 5.20. The molecule has 1 aliphatic rings. The van der Waals surface area contributed by atoms with Crippen molar-refractivity contribution in [2.45, 2.75) is 25.0 Å². The summed E-state index contributed by atoms with van der Waals surface area (Å²) in [6, 6.07) is 7.84. The Morgan fingerprint density at radius 1 is 1.40 bits per heavy atom. The Morgan fingerprint density at radius 2 is 2.07 bits per heavy atom. The van der Waals surface area contributed by atoms with Gasteiger partial charge in [-0.2, -0.15) is 0 Å². The Morgan fingerprint density at radius 3 is 2.47 bits per heavy atom. The zero-order chi connectivity index (χ0) is 10.9. The van der Waals surface area contributed by atoms with Gasteiger partial charge in [0.2, 0.25) is 0 Å². The second kappa shape index (κ2) is 3.83. The lowest BCUT2D eigenvalue weighted by Crippen LogP contribution is -2.13. The summed E-state index contributed by atoms with van der Waals surface area (Å²) in [7, 11) is 1.65. The summed E-state index contributed by atoms with van der Waals surface area (Å²) in [5.41, 5.74) is 0.853. The van der Waals surface area contributed by atoms with E-state index in [4.69, 9.17) is 14.6 Å². The fourth-order valence-electron chi connectivity index (χ4n) is 2.05. The molecule has 0 saturated carbocycles. The Bertz CT molecular complexity index is 333. The first-order chi connectivity index (χ1) is 7.26. The molecule has 0 radical (unpaired) electrons. The van der Waals surface area contributed by atoms with E-state index in [1.165, 1.54) is 0 Å². The van der Waals surface area contributed by atoms with Gasteiger partial charge in [-0.3, -0.25) is 0 Å². The fourth-order valence-corrected chi connectivity index (χ4v) is 2.05. The smallest absolute Gasteiger partial charge is 0.122 e. The minimum atomic E-state index is -0.263. The summed E-state index contributed by atoms with van der Waals surface area (Å²) >= 11 is 0. The van der Waals surface area contributed by atoms with Gasteiger partial charge >= 0.3 is 0 Å². The molecule has 3 heteroatoms. The summed E-state index contributed by atoms with van der Waals surface area (Å²) in [6.45, 7) is 2.15. The summed E-state index contributed by atoms with van der Waals surface area (Å²) < 4.78 is 10.7. The van der Waals surface area contributed by atoms with Gasteiger partial charge in [0.25, 0.3) is 0 Å². The van der Waals surface area contributed by atoms with Crippen LogP contribution in [0.15, 0.2) is 24.3 Å². The van der Waals surface area contributed by atoms with E-state index in [1.54, 1.807) is 7.11 Å². The van der Waals surface area contributed by atoms with Crippen LogP contribution in [0.1, 0.15) is 18.9 Å². The van der Waals surface area contributed by atoms with Crippen LogP contribution in [0.4, 0.5) is 0 Å². The van der Waals surface area contributed by atoms with Crippen molar-refractivity contribution in [1.82, 2.24) is 0 Å². The third kappa shape index (κ3) is 1.62. The highest BCUT2D eigenvalue weighted by Crippen LogP contribution is 2.48. The maximum absolute atomic E-state index is 9.09. The number of benzene rings is 1. The van der Waals surface area contributed by atoms with Crippen molar-refractivity contribution in [2.24, 2.45) is 0 Å². The molecule has 2 atom stereocenters. The molecule has 2 rings (SSSR count). The largest absolute Gasteiger partial charge is 0.497 e. The first-order valence-corrected chi connectivity index (χ1v) is 5.20. The molecule has 1 saturated heterocycles. The van der Waals surface area contributed by atoms with E-state index in [-0.39, 0.29) is 18.3 Å². The predicted molar refractivity (Wildman–Crippen MR) is 56.9 cm³/mol. The monoisotopic (exact) mass is 208 g/mol. The number of epoxide rings is 1. The van der Waals surface area contributed by atoms with E-state index < -0.39 is 0 Å². The van der Waals surface area contributed by atoms with Crippen LogP contribution in [0, 0.1) is 0 Å². The number of rotatable bonds is 4. The minimum Gasteiger partial charge on any atom is -0.497 e. The van der Waals surface area contributed by atoms with Gasteiger partial charge in [0.15, 0.2) is 0 Å². The number of hydrogen-bond donors (Lipinski definition) is 1. The topological polar surface area (TPSA) is 42.0 Å². The molecule has 0 aromatic heterocycles. The van der Waals surface area contributed by atoms with Crippen molar-refractivity contribution in [3.63, 3.8) is 0 Å². The van der Waals surface area contributed by atoms with E-state index in [0.29, 0.717) is 0 Å². The molecule has 0 bridgehead atoms. The summed E-state index contributed by atoms with van der Waals surface area (Å²) in [6.07, 6.45) is 0.834. The van der Waals surface area contributed by atoms with E-state index in [2.05, 4.69) is 6.92 Å². The van der Waals surface area contributed by atoms with Crippen molar-refractivity contribution in [2.75, 3.05) is 13.7 Å². The normalized spacial score (nSPS) is 28.9. The van der Waals surface area contributed by atoms with Gasteiger partial charge in [-0.15, -0.1) is 0 Å². The molecule has 1 unspecified atom stereocenters. The standard InChI is InChI=1S/C12H16O3/c1-3-12(11(8-13)15-12)9-4-6-10(14-2)7-5-9/h4-7,11,13H,3,8H2,1-2H3/t11-,12?/m1/s1. The maximum Gasteiger partial charge on any atom is 0.122 e. The zero-order valence-electron chi connectivity index (χ0n) is 9.06. The Labute approximate surface area is 89.6 Å². The highest BCUT2D eigenvalue weighted by Gasteiger charge is 2.55. The SMILES string of the molecule is CCC1(c2ccc(OC)cc2)O[C@@H]1CO. The average molecular weight is 208 g/mol. The number of ether oxygens (including phenoxy) is 2. The molecule has 1 fully saturated rings. The van der Waals surface area contributed by atoms with Gasteiger partial charge in [0.1, 0.15) is 17.5 Å². The maximum atomic E-state index is 9.09. The van der Waals surface area contributed by atoms with Gasteiger partial charge in [0.05, 0.1) is 13.7 Å². The van der Waals surface area contributed by atoms with Crippen LogP contribution in [0.25, 0.3) is 0 Å².